The van der Waals surface area contributed by atoms with Gasteiger partial charge in [0.05, 0.1) is 19.8 Å². The number of carbonyl (C=O) groups excluding carboxylic acids is 1. The molecule has 0 saturated heterocycles. The van der Waals surface area contributed by atoms with Crippen molar-refractivity contribution in [3.63, 3.8) is 0 Å². The molecule has 2 aromatic rings. The topological polar surface area (TPSA) is 35.5 Å². The first-order chi connectivity index (χ1) is 9.19. The van der Waals surface area contributed by atoms with Crippen molar-refractivity contribution in [2.75, 3.05) is 14.2 Å². The van der Waals surface area contributed by atoms with E-state index in [1.54, 1.807) is 13.2 Å². The van der Waals surface area contributed by atoms with E-state index in [2.05, 4.69) is 0 Å². The molecule has 0 heterocycles. The molecule has 2 aromatic carbocycles. The van der Waals surface area contributed by atoms with Crippen molar-refractivity contribution in [1.29, 1.82) is 0 Å². The standard InChI is InChI=1S/C16H16O3/c1-11-12(9-6-10-15(11)18-2)13-7-4-5-8-14(13)16(17)19-3/h4-10H,1-3H3. The third-order valence-electron chi connectivity index (χ3n) is 3.13. The van der Waals surface area contributed by atoms with Crippen molar-refractivity contribution in [2.24, 2.45) is 0 Å². The highest BCUT2D eigenvalue weighted by molar-refractivity contribution is 5.97. The van der Waals surface area contributed by atoms with Gasteiger partial charge >= 0.3 is 5.97 Å². The Kier molecular flexibility index (Phi) is 3.85. The highest BCUT2D eigenvalue weighted by Gasteiger charge is 2.15. The number of esters is 1. The van der Waals surface area contributed by atoms with E-state index < -0.39 is 0 Å². The van der Waals surface area contributed by atoms with E-state index in [9.17, 15) is 4.79 Å². The van der Waals surface area contributed by atoms with Crippen molar-refractivity contribution in [3.05, 3.63) is 53.6 Å². The molecule has 0 N–H and O–H groups in total. The molecule has 0 saturated carbocycles. The largest absolute Gasteiger partial charge is 0.496 e. The highest BCUT2D eigenvalue weighted by Crippen LogP contribution is 2.32. The molecule has 0 spiro atoms. The summed E-state index contributed by atoms with van der Waals surface area (Å²) in [6.45, 7) is 1.97. The minimum atomic E-state index is -0.335. The van der Waals surface area contributed by atoms with Gasteiger partial charge < -0.3 is 9.47 Å². The lowest BCUT2D eigenvalue weighted by molar-refractivity contribution is 0.0601. The van der Waals surface area contributed by atoms with Gasteiger partial charge in [0.2, 0.25) is 0 Å². The number of carbonyl (C=O) groups is 1. The van der Waals surface area contributed by atoms with Crippen molar-refractivity contribution in [3.8, 4) is 16.9 Å². The van der Waals surface area contributed by atoms with Crippen LogP contribution in [-0.4, -0.2) is 20.2 Å². The minimum Gasteiger partial charge on any atom is -0.496 e. The summed E-state index contributed by atoms with van der Waals surface area (Å²) in [6.07, 6.45) is 0. The number of methoxy groups -OCH3 is 2. The molecule has 98 valence electrons. The van der Waals surface area contributed by atoms with Crippen LogP contribution in [0.1, 0.15) is 15.9 Å². The molecule has 0 atom stereocenters. The zero-order valence-corrected chi connectivity index (χ0v) is 11.3. The van der Waals surface area contributed by atoms with Crippen LogP contribution >= 0.6 is 0 Å². The SMILES string of the molecule is COC(=O)c1ccccc1-c1cccc(OC)c1C. The lowest BCUT2D eigenvalue weighted by Gasteiger charge is -2.13. The van der Waals surface area contributed by atoms with Gasteiger partial charge in [-0.25, -0.2) is 4.79 Å². The van der Waals surface area contributed by atoms with Gasteiger partial charge in [-0.05, 0) is 35.7 Å². The van der Waals surface area contributed by atoms with Crippen molar-refractivity contribution < 1.29 is 14.3 Å². The highest BCUT2D eigenvalue weighted by atomic mass is 16.5. The fourth-order valence-electron chi connectivity index (χ4n) is 2.13. The summed E-state index contributed by atoms with van der Waals surface area (Å²) in [5.41, 5.74) is 3.38. The van der Waals surface area contributed by atoms with Gasteiger partial charge in [0.25, 0.3) is 0 Å². The monoisotopic (exact) mass is 256 g/mol. The number of hydrogen-bond donors (Lipinski definition) is 0. The quantitative estimate of drug-likeness (QED) is 0.789. The van der Waals surface area contributed by atoms with Crippen LogP contribution in [0, 0.1) is 6.92 Å². The lowest BCUT2D eigenvalue weighted by Crippen LogP contribution is -2.04. The van der Waals surface area contributed by atoms with Gasteiger partial charge in [0.15, 0.2) is 0 Å². The summed E-state index contributed by atoms with van der Waals surface area (Å²) in [7, 11) is 3.02. The molecule has 2 rings (SSSR count). The average Bonchev–Trinajstić information content (AvgIpc) is 2.47. The van der Waals surface area contributed by atoms with E-state index in [-0.39, 0.29) is 5.97 Å². The fourth-order valence-corrected chi connectivity index (χ4v) is 2.13. The first kappa shape index (κ1) is 13.1. The third-order valence-corrected chi connectivity index (χ3v) is 3.13. The van der Waals surface area contributed by atoms with Crippen LogP contribution in [0.25, 0.3) is 11.1 Å². The molecule has 0 aliphatic heterocycles. The Morgan fingerprint density at radius 3 is 2.32 bits per heavy atom. The number of hydrogen-bond acceptors (Lipinski definition) is 3. The Labute approximate surface area is 112 Å². The smallest absolute Gasteiger partial charge is 0.338 e. The molecule has 0 aliphatic rings. The second-order valence-corrected chi connectivity index (χ2v) is 4.17. The van der Waals surface area contributed by atoms with Gasteiger partial charge in [-0.1, -0.05) is 30.3 Å². The summed E-state index contributed by atoms with van der Waals surface area (Å²) in [6, 6.07) is 13.2. The van der Waals surface area contributed by atoms with E-state index in [0.29, 0.717) is 5.56 Å². The van der Waals surface area contributed by atoms with Gasteiger partial charge in [-0.15, -0.1) is 0 Å². The molecule has 19 heavy (non-hydrogen) atoms. The van der Waals surface area contributed by atoms with E-state index in [1.807, 2.05) is 43.3 Å². The predicted molar refractivity (Wildman–Crippen MR) is 74.5 cm³/mol. The average molecular weight is 256 g/mol. The van der Waals surface area contributed by atoms with Crippen LogP contribution < -0.4 is 4.74 Å². The van der Waals surface area contributed by atoms with Gasteiger partial charge in [-0.3, -0.25) is 0 Å². The van der Waals surface area contributed by atoms with Crippen LogP contribution in [0.3, 0.4) is 0 Å². The zero-order chi connectivity index (χ0) is 13.8. The molecule has 0 radical (unpaired) electrons. The summed E-state index contributed by atoms with van der Waals surface area (Å²) >= 11 is 0. The van der Waals surface area contributed by atoms with E-state index in [0.717, 1.165) is 22.4 Å². The molecule has 0 unspecified atom stereocenters. The Bertz CT molecular complexity index is 603. The third kappa shape index (κ3) is 2.45. The van der Waals surface area contributed by atoms with Crippen molar-refractivity contribution in [2.45, 2.75) is 6.92 Å². The Morgan fingerprint density at radius 2 is 1.63 bits per heavy atom. The maximum Gasteiger partial charge on any atom is 0.338 e. The lowest BCUT2D eigenvalue weighted by atomic mass is 9.95. The number of rotatable bonds is 3. The second kappa shape index (κ2) is 5.57. The molecular formula is C16H16O3. The van der Waals surface area contributed by atoms with Crippen LogP contribution in [0.4, 0.5) is 0 Å². The Hall–Kier alpha value is -2.29. The van der Waals surface area contributed by atoms with Crippen molar-refractivity contribution >= 4 is 5.97 Å². The Morgan fingerprint density at radius 1 is 0.947 bits per heavy atom. The van der Waals surface area contributed by atoms with Crippen LogP contribution in [0.2, 0.25) is 0 Å². The Balaban J connectivity index is 2.63. The minimum absolute atomic E-state index is 0.335. The normalized spacial score (nSPS) is 10.1. The molecule has 0 amide bonds. The molecular weight excluding hydrogens is 240 g/mol. The van der Waals surface area contributed by atoms with Gasteiger partial charge in [-0.2, -0.15) is 0 Å². The fraction of sp³-hybridized carbons (Fsp3) is 0.188. The summed E-state index contributed by atoms with van der Waals surface area (Å²) in [4.78, 5) is 11.8. The molecule has 0 fully saturated rings. The van der Waals surface area contributed by atoms with Gasteiger partial charge in [0.1, 0.15) is 5.75 Å². The molecule has 3 heteroatoms. The first-order valence-corrected chi connectivity index (χ1v) is 6.00. The summed E-state index contributed by atoms with van der Waals surface area (Å²) in [5, 5.41) is 0. The summed E-state index contributed by atoms with van der Waals surface area (Å²) < 4.78 is 10.1. The van der Waals surface area contributed by atoms with Crippen LogP contribution in [-0.2, 0) is 4.74 Å². The molecule has 0 bridgehead atoms. The first-order valence-electron chi connectivity index (χ1n) is 6.00. The van der Waals surface area contributed by atoms with E-state index in [4.69, 9.17) is 9.47 Å². The van der Waals surface area contributed by atoms with Crippen LogP contribution in [0.5, 0.6) is 5.75 Å². The predicted octanol–water partition coefficient (Wildman–Crippen LogP) is 3.46. The molecule has 3 nitrogen and oxygen atoms in total. The second-order valence-electron chi connectivity index (χ2n) is 4.17. The maximum atomic E-state index is 11.8. The van der Waals surface area contributed by atoms with E-state index >= 15 is 0 Å². The number of ether oxygens (including phenoxy) is 2. The zero-order valence-electron chi connectivity index (χ0n) is 11.3. The van der Waals surface area contributed by atoms with Crippen LogP contribution in [0.15, 0.2) is 42.5 Å². The summed E-state index contributed by atoms with van der Waals surface area (Å²) in [5.74, 6) is 0.468. The molecule has 0 aliphatic carbocycles. The molecule has 0 aromatic heterocycles. The van der Waals surface area contributed by atoms with Gasteiger partial charge in [0, 0.05) is 0 Å². The van der Waals surface area contributed by atoms with E-state index in [1.165, 1.54) is 7.11 Å². The number of benzene rings is 2. The van der Waals surface area contributed by atoms with Crippen molar-refractivity contribution in [1.82, 2.24) is 0 Å². The maximum absolute atomic E-state index is 11.8.